The Bertz CT molecular complexity index is 167. The molecule has 0 spiro atoms. The first kappa shape index (κ1) is 12.9. The minimum absolute atomic E-state index is 0.405. The summed E-state index contributed by atoms with van der Waals surface area (Å²) in [7, 11) is 5.70. The van der Waals surface area contributed by atoms with Crippen molar-refractivity contribution >= 4 is 0 Å². The molecule has 1 fully saturated rings. The minimum Gasteiger partial charge on any atom is -0.385 e. The van der Waals surface area contributed by atoms with Crippen LogP contribution in [-0.2, 0) is 9.47 Å². The lowest BCUT2D eigenvalue weighted by atomic mass is 10.2. The van der Waals surface area contributed by atoms with E-state index in [0.29, 0.717) is 12.1 Å². The fourth-order valence-corrected chi connectivity index (χ4v) is 2.05. The summed E-state index contributed by atoms with van der Waals surface area (Å²) in [6.07, 6.45) is 2.64. The fraction of sp³-hybridized carbons (Fsp3) is 1.00. The number of hydrogen-bond acceptors (Lipinski definition) is 4. The molecule has 0 bridgehead atoms. The fourth-order valence-electron chi connectivity index (χ4n) is 2.05. The lowest BCUT2D eigenvalue weighted by Crippen LogP contribution is -2.35. The van der Waals surface area contributed by atoms with Crippen molar-refractivity contribution in [3.63, 3.8) is 0 Å². The van der Waals surface area contributed by atoms with Gasteiger partial charge in [-0.3, -0.25) is 0 Å². The van der Waals surface area contributed by atoms with E-state index in [1.807, 2.05) is 0 Å². The Balaban J connectivity index is 2.07. The van der Waals surface area contributed by atoms with Crippen LogP contribution in [0.2, 0.25) is 0 Å². The highest BCUT2D eigenvalue weighted by atomic mass is 16.5. The Morgan fingerprint density at radius 1 is 1.40 bits per heavy atom. The van der Waals surface area contributed by atoms with E-state index < -0.39 is 0 Å². The van der Waals surface area contributed by atoms with E-state index >= 15 is 0 Å². The molecule has 0 radical (unpaired) electrons. The summed E-state index contributed by atoms with van der Waals surface area (Å²) in [6.45, 7) is 4.05. The SMILES string of the molecule is COCCCN(C)CC1CC(OC)CN1. The zero-order valence-electron chi connectivity index (χ0n) is 10.2. The lowest BCUT2D eigenvalue weighted by Gasteiger charge is -2.20. The second kappa shape index (κ2) is 7.17. The van der Waals surface area contributed by atoms with Crippen LogP contribution in [0.25, 0.3) is 0 Å². The van der Waals surface area contributed by atoms with Crippen LogP contribution >= 0.6 is 0 Å². The molecular weight excluding hydrogens is 192 g/mol. The highest BCUT2D eigenvalue weighted by Gasteiger charge is 2.24. The second-order valence-corrected chi connectivity index (χ2v) is 4.31. The maximum atomic E-state index is 5.32. The molecule has 1 N–H and O–H groups in total. The van der Waals surface area contributed by atoms with Crippen LogP contribution in [0, 0.1) is 0 Å². The number of hydrogen-bond donors (Lipinski definition) is 1. The van der Waals surface area contributed by atoms with Gasteiger partial charge in [0.25, 0.3) is 0 Å². The molecule has 1 saturated heterocycles. The molecule has 0 aromatic carbocycles. The molecule has 0 saturated carbocycles. The number of nitrogens with one attached hydrogen (secondary N) is 1. The van der Waals surface area contributed by atoms with Crippen molar-refractivity contribution in [2.24, 2.45) is 0 Å². The third-order valence-electron chi connectivity index (χ3n) is 2.94. The normalized spacial score (nSPS) is 26.4. The van der Waals surface area contributed by atoms with Gasteiger partial charge in [0.15, 0.2) is 0 Å². The van der Waals surface area contributed by atoms with E-state index in [1.165, 1.54) is 0 Å². The molecule has 4 nitrogen and oxygen atoms in total. The predicted octanol–water partition coefficient (Wildman–Crippen LogP) is 0.332. The number of methoxy groups -OCH3 is 2. The molecule has 15 heavy (non-hydrogen) atoms. The molecule has 1 aliphatic heterocycles. The van der Waals surface area contributed by atoms with Gasteiger partial charge in [-0.15, -0.1) is 0 Å². The molecule has 0 aromatic rings. The summed E-state index contributed by atoms with van der Waals surface area (Å²) in [6, 6.07) is 0.586. The van der Waals surface area contributed by atoms with Gasteiger partial charge in [-0.05, 0) is 19.9 Å². The smallest absolute Gasteiger partial charge is 0.0711 e. The highest BCUT2D eigenvalue weighted by molar-refractivity contribution is 4.83. The van der Waals surface area contributed by atoms with E-state index in [9.17, 15) is 0 Å². The third kappa shape index (κ3) is 4.93. The van der Waals surface area contributed by atoms with Crippen LogP contribution in [0.5, 0.6) is 0 Å². The van der Waals surface area contributed by atoms with Crippen molar-refractivity contribution in [1.29, 1.82) is 0 Å². The molecule has 1 heterocycles. The van der Waals surface area contributed by atoms with Crippen molar-refractivity contribution in [2.75, 3.05) is 47.5 Å². The lowest BCUT2D eigenvalue weighted by molar-refractivity contribution is 0.115. The van der Waals surface area contributed by atoms with E-state index in [2.05, 4.69) is 17.3 Å². The molecule has 0 amide bonds. The quantitative estimate of drug-likeness (QED) is 0.622. The van der Waals surface area contributed by atoms with Crippen LogP contribution in [0.4, 0.5) is 0 Å². The van der Waals surface area contributed by atoms with Crippen LogP contribution in [0.1, 0.15) is 12.8 Å². The maximum Gasteiger partial charge on any atom is 0.0711 e. The Kier molecular flexibility index (Phi) is 6.17. The van der Waals surface area contributed by atoms with Crippen LogP contribution in [0.15, 0.2) is 0 Å². The van der Waals surface area contributed by atoms with Gasteiger partial charge in [-0.2, -0.15) is 0 Å². The minimum atomic E-state index is 0.405. The van der Waals surface area contributed by atoms with Gasteiger partial charge in [0.2, 0.25) is 0 Å². The zero-order chi connectivity index (χ0) is 11.1. The molecule has 1 rings (SSSR count). The molecule has 1 aliphatic rings. The van der Waals surface area contributed by atoms with Gasteiger partial charge in [-0.25, -0.2) is 0 Å². The third-order valence-corrected chi connectivity index (χ3v) is 2.94. The second-order valence-electron chi connectivity index (χ2n) is 4.31. The van der Waals surface area contributed by atoms with Crippen molar-refractivity contribution in [3.8, 4) is 0 Å². The van der Waals surface area contributed by atoms with Crippen LogP contribution in [0.3, 0.4) is 0 Å². The van der Waals surface area contributed by atoms with E-state index in [-0.39, 0.29) is 0 Å². The standard InChI is InChI=1S/C11H24N2O2/c1-13(5-4-6-14-2)9-10-7-11(15-3)8-12-10/h10-12H,4-9H2,1-3H3. The number of ether oxygens (including phenoxy) is 2. The summed E-state index contributed by atoms with van der Waals surface area (Å²) in [5, 5.41) is 3.48. The van der Waals surface area contributed by atoms with Gasteiger partial charge in [0.05, 0.1) is 6.10 Å². The monoisotopic (exact) mass is 216 g/mol. The van der Waals surface area contributed by atoms with Crippen molar-refractivity contribution in [2.45, 2.75) is 25.0 Å². The van der Waals surface area contributed by atoms with Gasteiger partial charge < -0.3 is 19.7 Å². The summed E-state index contributed by atoms with van der Waals surface area (Å²) >= 11 is 0. The van der Waals surface area contributed by atoms with Crippen molar-refractivity contribution < 1.29 is 9.47 Å². The summed E-state index contributed by atoms with van der Waals surface area (Å²) in [5.41, 5.74) is 0. The molecule has 90 valence electrons. The molecule has 0 aliphatic carbocycles. The molecule has 4 heteroatoms. The number of likely N-dealkylation sites (N-methyl/N-ethyl adjacent to an activating group) is 1. The summed E-state index contributed by atoms with van der Waals surface area (Å²) in [5.74, 6) is 0. The average Bonchev–Trinajstić information content (AvgIpc) is 2.66. The van der Waals surface area contributed by atoms with E-state index in [1.54, 1.807) is 14.2 Å². The molecular formula is C11H24N2O2. The van der Waals surface area contributed by atoms with E-state index in [4.69, 9.17) is 9.47 Å². The van der Waals surface area contributed by atoms with Crippen molar-refractivity contribution in [3.05, 3.63) is 0 Å². The van der Waals surface area contributed by atoms with Gasteiger partial charge >= 0.3 is 0 Å². The van der Waals surface area contributed by atoms with Gasteiger partial charge in [0, 0.05) is 46.5 Å². The molecule has 2 unspecified atom stereocenters. The summed E-state index contributed by atoms with van der Waals surface area (Å²) in [4.78, 5) is 2.36. The number of nitrogens with zero attached hydrogens (tertiary/aromatic N) is 1. The number of rotatable bonds is 7. The van der Waals surface area contributed by atoms with Crippen LogP contribution < -0.4 is 5.32 Å². The Morgan fingerprint density at radius 2 is 2.20 bits per heavy atom. The van der Waals surface area contributed by atoms with Crippen LogP contribution in [-0.4, -0.2) is 64.6 Å². The highest BCUT2D eigenvalue weighted by Crippen LogP contribution is 2.10. The van der Waals surface area contributed by atoms with E-state index in [0.717, 1.165) is 39.1 Å². The Hall–Kier alpha value is -0.160. The average molecular weight is 216 g/mol. The van der Waals surface area contributed by atoms with Gasteiger partial charge in [-0.1, -0.05) is 0 Å². The topological polar surface area (TPSA) is 33.7 Å². The molecule has 2 atom stereocenters. The molecule has 0 aromatic heterocycles. The van der Waals surface area contributed by atoms with Gasteiger partial charge in [0.1, 0.15) is 0 Å². The predicted molar refractivity (Wildman–Crippen MR) is 61.2 cm³/mol. The summed E-state index contributed by atoms with van der Waals surface area (Å²) < 4.78 is 10.4. The largest absolute Gasteiger partial charge is 0.385 e. The Labute approximate surface area is 92.9 Å². The first-order chi connectivity index (χ1) is 7.26. The zero-order valence-corrected chi connectivity index (χ0v) is 10.2. The Morgan fingerprint density at radius 3 is 2.80 bits per heavy atom. The maximum absolute atomic E-state index is 5.32. The van der Waals surface area contributed by atoms with Crippen molar-refractivity contribution in [1.82, 2.24) is 10.2 Å². The first-order valence-corrected chi connectivity index (χ1v) is 5.70. The first-order valence-electron chi connectivity index (χ1n) is 5.70.